The first kappa shape index (κ1) is 12.8. The SMILES string of the molecule is CC(C)(C(=O)O)N1C(=O)COc2ccc(Br)nc21. The Morgan fingerprint density at radius 3 is 2.83 bits per heavy atom. The monoisotopic (exact) mass is 314 g/mol. The molecule has 7 heteroatoms. The number of hydrogen-bond acceptors (Lipinski definition) is 4. The van der Waals surface area contributed by atoms with Crippen LogP contribution in [0.4, 0.5) is 5.82 Å². The summed E-state index contributed by atoms with van der Waals surface area (Å²) in [5.41, 5.74) is -1.39. The van der Waals surface area contributed by atoms with Crippen molar-refractivity contribution in [2.24, 2.45) is 0 Å². The molecule has 0 bridgehead atoms. The smallest absolute Gasteiger partial charge is 0.329 e. The van der Waals surface area contributed by atoms with E-state index in [-0.39, 0.29) is 12.4 Å². The number of ether oxygens (including phenoxy) is 1. The van der Waals surface area contributed by atoms with Crippen LogP contribution < -0.4 is 9.64 Å². The predicted octanol–water partition coefficient (Wildman–Crippen LogP) is 1.43. The van der Waals surface area contributed by atoms with Crippen LogP contribution in [0.1, 0.15) is 13.8 Å². The van der Waals surface area contributed by atoms with Crippen LogP contribution in [0.3, 0.4) is 0 Å². The van der Waals surface area contributed by atoms with Crippen LogP contribution in [0.25, 0.3) is 0 Å². The number of carboxylic acid groups (broad SMARTS) is 1. The maximum Gasteiger partial charge on any atom is 0.329 e. The number of pyridine rings is 1. The molecule has 96 valence electrons. The molecule has 0 saturated heterocycles. The normalized spacial score (nSPS) is 15.1. The fraction of sp³-hybridized carbons (Fsp3) is 0.364. The molecule has 0 atom stereocenters. The van der Waals surface area contributed by atoms with E-state index in [9.17, 15) is 14.7 Å². The zero-order valence-corrected chi connectivity index (χ0v) is 11.4. The van der Waals surface area contributed by atoms with Crippen LogP contribution in [0.2, 0.25) is 0 Å². The fourth-order valence-corrected chi connectivity index (χ4v) is 1.98. The fourth-order valence-electron chi connectivity index (χ4n) is 1.68. The van der Waals surface area contributed by atoms with Gasteiger partial charge >= 0.3 is 5.97 Å². The Morgan fingerprint density at radius 2 is 2.22 bits per heavy atom. The van der Waals surface area contributed by atoms with Crippen molar-refractivity contribution in [3.8, 4) is 5.75 Å². The van der Waals surface area contributed by atoms with E-state index in [4.69, 9.17) is 4.74 Å². The van der Waals surface area contributed by atoms with Crippen molar-refractivity contribution < 1.29 is 19.4 Å². The Bertz CT molecular complexity index is 530. The molecule has 1 aliphatic heterocycles. The van der Waals surface area contributed by atoms with Crippen molar-refractivity contribution in [2.45, 2.75) is 19.4 Å². The second-order valence-electron chi connectivity index (χ2n) is 4.34. The van der Waals surface area contributed by atoms with Crippen molar-refractivity contribution in [1.82, 2.24) is 4.98 Å². The molecule has 0 aliphatic carbocycles. The van der Waals surface area contributed by atoms with Gasteiger partial charge < -0.3 is 9.84 Å². The molecule has 1 aromatic rings. The molecule has 18 heavy (non-hydrogen) atoms. The third-order valence-corrected chi connectivity index (χ3v) is 3.14. The van der Waals surface area contributed by atoms with Crippen LogP contribution in [-0.2, 0) is 9.59 Å². The number of rotatable bonds is 2. The van der Waals surface area contributed by atoms with Crippen LogP contribution in [0.15, 0.2) is 16.7 Å². The number of nitrogens with zero attached hydrogens (tertiary/aromatic N) is 2. The molecule has 0 unspecified atom stereocenters. The van der Waals surface area contributed by atoms with Gasteiger partial charge in [0, 0.05) is 0 Å². The van der Waals surface area contributed by atoms with Gasteiger partial charge in [0.1, 0.15) is 10.1 Å². The number of carbonyl (C=O) groups is 2. The Morgan fingerprint density at radius 1 is 1.56 bits per heavy atom. The number of halogens is 1. The summed E-state index contributed by atoms with van der Waals surface area (Å²) in [4.78, 5) is 28.5. The maximum absolute atomic E-state index is 11.9. The van der Waals surface area contributed by atoms with Gasteiger partial charge in [-0.05, 0) is 41.9 Å². The van der Waals surface area contributed by atoms with Crippen molar-refractivity contribution in [3.63, 3.8) is 0 Å². The minimum atomic E-state index is -1.39. The average Bonchev–Trinajstić information content (AvgIpc) is 2.27. The van der Waals surface area contributed by atoms with E-state index < -0.39 is 17.4 Å². The van der Waals surface area contributed by atoms with E-state index in [1.807, 2.05) is 0 Å². The number of amides is 1. The molecule has 0 spiro atoms. The summed E-state index contributed by atoms with van der Waals surface area (Å²) in [7, 11) is 0. The lowest BCUT2D eigenvalue weighted by atomic mass is 10.0. The second kappa shape index (κ2) is 4.24. The highest BCUT2D eigenvalue weighted by Gasteiger charge is 2.43. The van der Waals surface area contributed by atoms with Gasteiger partial charge in [0.2, 0.25) is 0 Å². The third-order valence-electron chi connectivity index (χ3n) is 2.70. The van der Waals surface area contributed by atoms with Crippen molar-refractivity contribution >= 4 is 33.6 Å². The third kappa shape index (κ3) is 1.94. The number of hydrogen-bond donors (Lipinski definition) is 1. The second-order valence-corrected chi connectivity index (χ2v) is 5.15. The molecule has 2 heterocycles. The van der Waals surface area contributed by atoms with E-state index in [2.05, 4.69) is 20.9 Å². The molecule has 0 fully saturated rings. The molecular formula is C11H11BrN2O4. The van der Waals surface area contributed by atoms with Gasteiger partial charge in [-0.1, -0.05) is 0 Å². The predicted molar refractivity (Wildman–Crippen MR) is 66.6 cm³/mol. The van der Waals surface area contributed by atoms with E-state index >= 15 is 0 Å². The van der Waals surface area contributed by atoms with Gasteiger partial charge in [-0.15, -0.1) is 0 Å². The molecule has 2 rings (SSSR count). The molecule has 1 amide bonds. The summed E-state index contributed by atoms with van der Waals surface area (Å²) in [6.07, 6.45) is 0. The molecular weight excluding hydrogens is 304 g/mol. The van der Waals surface area contributed by atoms with Crippen LogP contribution >= 0.6 is 15.9 Å². The minimum absolute atomic E-state index is 0.187. The summed E-state index contributed by atoms with van der Waals surface area (Å²) >= 11 is 3.19. The first-order valence-electron chi connectivity index (χ1n) is 5.20. The highest BCUT2D eigenvalue weighted by molar-refractivity contribution is 9.10. The Kier molecular flexibility index (Phi) is 3.02. The van der Waals surface area contributed by atoms with Gasteiger partial charge in [-0.25, -0.2) is 9.78 Å². The lowest BCUT2D eigenvalue weighted by molar-refractivity contribution is -0.144. The zero-order chi connectivity index (χ0) is 13.5. The summed E-state index contributed by atoms with van der Waals surface area (Å²) in [5, 5.41) is 9.23. The highest BCUT2D eigenvalue weighted by atomic mass is 79.9. The van der Waals surface area contributed by atoms with E-state index in [0.29, 0.717) is 10.4 Å². The number of aromatic nitrogens is 1. The molecule has 1 aromatic heterocycles. The molecule has 0 radical (unpaired) electrons. The summed E-state index contributed by atoms with van der Waals surface area (Å²) < 4.78 is 5.73. The lowest BCUT2D eigenvalue weighted by Gasteiger charge is -2.37. The number of carbonyl (C=O) groups excluding carboxylic acids is 1. The average molecular weight is 315 g/mol. The van der Waals surface area contributed by atoms with Gasteiger partial charge in [0.15, 0.2) is 18.2 Å². The highest BCUT2D eigenvalue weighted by Crippen LogP contribution is 2.35. The quantitative estimate of drug-likeness (QED) is 0.835. The van der Waals surface area contributed by atoms with Crippen LogP contribution in [0.5, 0.6) is 5.75 Å². The Hall–Kier alpha value is -1.63. The Balaban J connectivity index is 2.58. The van der Waals surface area contributed by atoms with Gasteiger partial charge in [-0.2, -0.15) is 0 Å². The van der Waals surface area contributed by atoms with Gasteiger partial charge in [0.25, 0.3) is 5.91 Å². The molecule has 1 aliphatic rings. The largest absolute Gasteiger partial charge is 0.480 e. The van der Waals surface area contributed by atoms with Crippen LogP contribution in [0, 0.1) is 0 Å². The number of anilines is 1. The Labute approximate surface area is 112 Å². The topological polar surface area (TPSA) is 79.7 Å². The summed E-state index contributed by atoms with van der Waals surface area (Å²) in [6.45, 7) is 2.71. The number of carboxylic acids is 1. The van der Waals surface area contributed by atoms with E-state index in [1.165, 1.54) is 13.8 Å². The van der Waals surface area contributed by atoms with E-state index in [0.717, 1.165) is 4.90 Å². The first-order chi connectivity index (χ1) is 8.34. The van der Waals surface area contributed by atoms with Crippen LogP contribution in [-0.4, -0.2) is 34.1 Å². The molecule has 1 N–H and O–H groups in total. The summed E-state index contributed by atoms with van der Waals surface area (Å²) in [6, 6.07) is 3.31. The summed E-state index contributed by atoms with van der Waals surface area (Å²) in [5.74, 6) is -0.925. The van der Waals surface area contributed by atoms with Gasteiger partial charge in [-0.3, -0.25) is 9.69 Å². The number of fused-ring (bicyclic) bond motifs is 1. The standard InChI is InChI=1S/C11H11BrN2O4/c1-11(2,10(16)17)14-8(15)5-18-6-3-4-7(12)13-9(6)14/h3-4H,5H2,1-2H3,(H,16,17). The lowest BCUT2D eigenvalue weighted by Crippen LogP contribution is -2.56. The first-order valence-corrected chi connectivity index (χ1v) is 5.99. The molecule has 0 saturated carbocycles. The van der Waals surface area contributed by atoms with E-state index in [1.54, 1.807) is 12.1 Å². The molecule has 6 nitrogen and oxygen atoms in total. The van der Waals surface area contributed by atoms with Crippen molar-refractivity contribution in [3.05, 3.63) is 16.7 Å². The number of aliphatic carboxylic acids is 1. The van der Waals surface area contributed by atoms with Crippen molar-refractivity contribution in [1.29, 1.82) is 0 Å². The minimum Gasteiger partial charge on any atom is -0.480 e. The molecule has 0 aromatic carbocycles. The maximum atomic E-state index is 11.9. The zero-order valence-electron chi connectivity index (χ0n) is 9.81. The van der Waals surface area contributed by atoms with Crippen molar-refractivity contribution in [2.75, 3.05) is 11.5 Å². The van der Waals surface area contributed by atoms with Gasteiger partial charge in [0.05, 0.1) is 0 Å².